The van der Waals surface area contributed by atoms with Crippen molar-refractivity contribution in [3.05, 3.63) is 17.5 Å². The van der Waals surface area contributed by atoms with Crippen LogP contribution in [0.25, 0.3) is 0 Å². The van der Waals surface area contributed by atoms with Crippen LogP contribution in [0.15, 0.2) is 6.20 Å². The van der Waals surface area contributed by atoms with Crippen LogP contribution in [0.5, 0.6) is 0 Å². The maximum absolute atomic E-state index is 10.9. The number of nitrogens with two attached hydrogens (primary N) is 1. The summed E-state index contributed by atoms with van der Waals surface area (Å²) in [6, 6.07) is -0.737. The smallest absolute Gasteiger partial charge is 0.413 e. The Hall–Kier alpha value is -1.57. The van der Waals surface area contributed by atoms with Crippen LogP contribution in [0.2, 0.25) is 0 Å². The molecule has 22 heavy (non-hydrogen) atoms. The van der Waals surface area contributed by atoms with Gasteiger partial charge in [-0.2, -0.15) is 17.8 Å². The highest BCUT2D eigenvalue weighted by molar-refractivity contribution is 7.80. The normalized spacial score (nSPS) is 27.8. The lowest BCUT2D eigenvalue weighted by Gasteiger charge is -2.28. The number of hydrogen-bond acceptors (Lipinski definition) is 8. The Morgan fingerprint density at radius 2 is 2.27 bits per heavy atom. The van der Waals surface area contributed by atoms with Crippen molar-refractivity contribution in [3.8, 4) is 0 Å². The molecule has 1 saturated heterocycles. The van der Waals surface area contributed by atoms with Gasteiger partial charge in [0.05, 0.1) is 24.4 Å². The Morgan fingerprint density at radius 3 is 2.86 bits per heavy atom. The Morgan fingerprint density at radius 1 is 1.55 bits per heavy atom. The number of carboxylic acids is 1. The zero-order chi connectivity index (χ0) is 16.1. The van der Waals surface area contributed by atoms with E-state index in [9.17, 15) is 13.2 Å². The summed E-state index contributed by atoms with van der Waals surface area (Å²) in [6.07, 6.45) is 1.54. The fourth-order valence-electron chi connectivity index (χ4n) is 2.94. The van der Waals surface area contributed by atoms with E-state index in [4.69, 9.17) is 15.4 Å². The molecule has 1 aromatic rings. The van der Waals surface area contributed by atoms with Gasteiger partial charge in [-0.3, -0.25) is 18.9 Å². The quantitative estimate of drug-likeness (QED) is 0.533. The molecular weight excluding hydrogens is 318 g/mol. The van der Waals surface area contributed by atoms with Crippen molar-refractivity contribution in [1.82, 2.24) is 19.7 Å². The van der Waals surface area contributed by atoms with Crippen LogP contribution in [-0.2, 0) is 26.0 Å². The van der Waals surface area contributed by atoms with E-state index < -0.39 is 22.4 Å². The molecule has 0 saturated carbocycles. The molecule has 0 spiro atoms. The van der Waals surface area contributed by atoms with Gasteiger partial charge in [-0.15, -0.1) is 5.06 Å². The first kappa shape index (κ1) is 15.3. The molecule has 1 fully saturated rings. The Balaban J connectivity index is 1.96. The van der Waals surface area contributed by atoms with Gasteiger partial charge >= 0.3 is 16.4 Å². The first-order valence-electron chi connectivity index (χ1n) is 6.45. The van der Waals surface area contributed by atoms with Crippen LogP contribution < -0.4 is 5.73 Å². The Bertz CT molecular complexity index is 703. The highest BCUT2D eigenvalue weighted by Gasteiger charge is 2.46. The molecule has 3 rings (SSSR count). The second kappa shape index (κ2) is 5.26. The molecule has 0 radical (unpaired) electrons. The van der Waals surface area contributed by atoms with Gasteiger partial charge in [-0.05, 0) is 0 Å². The van der Waals surface area contributed by atoms with E-state index in [0.717, 1.165) is 5.06 Å². The van der Waals surface area contributed by atoms with E-state index in [1.807, 2.05) is 4.90 Å². The summed E-state index contributed by atoms with van der Waals surface area (Å²) in [5, 5.41) is 14.2. The standard InChI is InChI=1S/C10H15N5O6S/c11-1-7-10-6(2-14(12-10)4-9(16)17)8-3-13(7)5-15(8)21-22(18,19)20/h2,7-8H,1,3-5,11H2,(H,16,17)(H,18,19,20)/t7-,8-/m1/s1. The molecule has 12 heteroatoms. The lowest BCUT2D eigenvalue weighted by Crippen LogP contribution is -2.35. The second-order valence-corrected chi connectivity index (χ2v) is 6.16. The number of hydroxylamine groups is 2. The van der Waals surface area contributed by atoms with Crippen LogP contribution in [0.1, 0.15) is 23.3 Å². The van der Waals surface area contributed by atoms with Gasteiger partial charge in [0.25, 0.3) is 0 Å². The lowest BCUT2D eigenvalue weighted by molar-refractivity contribution is -0.137. The molecular formula is C10H15N5O6S. The maximum atomic E-state index is 10.9. The number of rotatable bonds is 5. The predicted octanol–water partition coefficient (Wildman–Crippen LogP) is -1.67. The predicted molar refractivity (Wildman–Crippen MR) is 70.4 cm³/mol. The van der Waals surface area contributed by atoms with Crippen LogP contribution in [0, 0.1) is 0 Å². The summed E-state index contributed by atoms with van der Waals surface area (Å²) in [5.74, 6) is -1.04. The fourth-order valence-corrected chi connectivity index (χ4v) is 3.34. The van der Waals surface area contributed by atoms with Gasteiger partial charge in [-0.25, -0.2) is 0 Å². The highest BCUT2D eigenvalue weighted by Crippen LogP contribution is 2.41. The van der Waals surface area contributed by atoms with Gasteiger partial charge in [0.1, 0.15) is 6.54 Å². The molecule has 0 amide bonds. The first-order valence-corrected chi connectivity index (χ1v) is 7.82. The summed E-state index contributed by atoms with van der Waals surface area (Å²) in [4.78, 5) is 12.7. The van der Waals surface area contributed by atoms with E-state index in [2.05, 4.69) is 9.38 Å². The number of nitrogens with zero attached hydrogens (tertiary/aromatic N) is 4. The van der Waals surface area contributed by atoms with E-state index in [1.54, 1.807) is 6.20 Å². The third kappa shape index (κ3) is 2.71. The summed E-state index contributed by atoms with van der Waals surface area (Å²) in [6.45, 7) is 0.518. The van der Waals surface area contributed by atoms with E-state index in [0.29, 0.717) is 17.8 Å². The molecule has 11 nitrogen and oxygen atoms in total. The molecule has 122 valence electrons. The number of hydrogen-bond donors (Lipinski definition) is 3. The number of carboxylic acid groups (broad SMARTS) is 1. The minimum Gasteiger partial charge on any atom is -0.480 e. The van der Waals surface area contributed by atoms with Crippen LogP contribution >= 0.6 is 0 Å². The van der Waals surface area contributed by atoms with Crippen molar-refractivity contribution in [1.29, 1.82) is 0 Å². The highest BCUT2D eigenvalue weighted by atomic mass is 32.3. The second-order valence-electron chi connectivity index (χ2n) is 5.16. The molecule has 2 aliphatic heterocycles. The largest absolute Gasteiger partial charge is 0.480 e. The molecule has 4 N–H and O–H groups in total. The molecule has 3 heterocycles. The summed E-state index contributed by atoms with van der Waals surface area (Å²) in [7, 11) is -4.64. The van der Waals surface area contributed by atoms with Crippen molar-refractivity contribution in [2.45, 2.75) is 18.6 Å². The van der Waals surface area contributed by atoms with Crippen LogP contribution in [0.4, 0.5) is 0 Å². The third-order valence-corrected chi connectivity index (χ3v) is 4.10. The van der Waals surface area contributed by atoms with Gasteiger partial charge < -0.3 is 10.8 Å². The van der Waals surface area contributed by atoms with E-state index >= 15 is 0 Å². The Kier molecular flexibility index (Phi) is 3.66. The maximum Gasteiger partial charge on any atom is 0.413 e. The molecule has 2 bridgehead atoms. The summed E-state index contributed by atoms with van der Waals surface area (Å²) in [5.41, 5.74) is 7.00. The number of fused-ring (bicyclic) bond motifs is 4. The summed E-state index contributed by atoms with van der Waals surface area (Å²) < 4.78 is 36.6. The fraction of sp³-hybridized carbons (Fsp3) is 0.600. The molecule has 0 aromatic carbocycles. The summed E-state index contributed by atoms with van der Waals surface area (Å²) >= 11 is 0. The van der Waals surface area contributed by atoms with Crippen LogP contribution in [0.3, 0.4) is 0 Å². The number of aliphatic carboxylic acids is 1. The average Bonchev–Trinajstić information content (AvgIpc) is 2.91. The van der Waals surface area contributed by atoms with Gasteiger partial charge in [0.2, 0.25) is 0 Å². The average molecular weight is 333 g/mol. The lowest BCUT2D eigenvalue weighted by atomic mass is 9.98. The topological polar surface area (TPSA) is 151 Å². The van der Waals surface area contributed by atoms with Crippen molar-refractivity contribution in [2.24, 2.45) is 5.73 Å². The van der Waals surface area contributed by atoms with E-state index in [-0.39, 0.29) is 25.8 Å². The molecule has 0 aliphatic carbocycles. The zero-order valence-corrected chi connectivity index (χ0v) is 12.2. The number of aromatic nitrogens is 2. The molecule has 1 aromatic heterocycles. The van der Waals surface area contributed by atoms with Gasteiger partial charge in [0.15, 0.2) is 0 Å². The van der Waals surface area contributed by atoms with Gasteiger partial charge in [-0.1, -0.05) is 0 Å². The first-order chi connectivity index (χ1) is 10.3. The van der Waals surface area contributed by atoms with Crippen LogP contribution in [-0.4, -0.2) is 63.5 Å². The van der Waals surface area contributed by atoms with Gasteiger partial charge in [0, 0.05) is 24.8 Å². The SMILES string of the molecule is NC[C@@H]1c2nn(CC(=O)O)cc2[C@H]2CN1CN2OS(=O)(=O)O. The minimum atomic E-state index is -4.64. The zero-order valence-electron chi connectivity index (χ0n) is 11.4. The Labute approximate surface area is 125 Å². The molecule has 3 atom stereocenters. The number of carbonyl (C=O) groups is 1. The molecule has 2 aliphatic rings. The van der Waals surface area contributed by atoms with Crippen molar-refractivity contribution in [2.75, 3.05) is 19.8 Å². The monoisotopic (exact) mass is 333 g/mol. The van der Waals surface area contributed by atoms with Crippen molar-refractivity contribution in [3.63, 3.8) is 0 Å². The van der Waals surface area contributed by atoms with Crippen molar-refractivity contribution < 1.29 is 27.2 Å². The van der Waals surface area contributed by atoms with Crippen molar-refractivity contribution >= 4 is 16.4 Å². The van der Waals surface area contributed by atoms with E-state index in [1.165, 1.54) is 4.68 Å². The minimum absolute atomic E-state index is 0.140. The molecule has 1 unspecified atom stereocenters. The third-order valence-electron chi connectivity index (χ3n) is 3.72.